The Morgan fingerprint density at radius 1 is 1.26 bits per heavy atom. The molecule has 35 heavy (non-hydrogen) atoms. The number of ether oxygens (including phenoxy) is 2. The van der Waals surface area contributed by atoms with Crippen molar-refractivity contribution in [2.75, 3.05) is 30.0 Å². The van der Waals surface area contributed by atoms with Crippen LogP contribution in [0.2, 0.25) is 0 Å². The summed E-state index contributed by atoms with van der Waals surface area (Å²) >= 11 is 1.70. The number of carbonyl (C=O) groups is 1. The minimum Gasteiger partial charge on any atom is -0.444 e. The van der Waals surface area contributed by atoms with Crippen molar-refractivity contribution >= 4 is 39.4 Å². The first-order valence-electron chi connectivity index (χ1n) is 13.1. The number of alkyl carbamates (subject to hydrolysis) is 1. The van der Waals surface area contributed by atoms with Crippen molar-refractivity contribution in [3.05, 3.63) is 11.4 Å². The molecule has 9 heteroatoms. The molecule has 5 fully saturated rings. The minimum absolute atomic E-state index is 0.129. The van der Waals surface area contributed by atoms with E-state index in [1.54, 1.807) is 11.3 Å². The topological polar surface area (TPSA) is 88.6 Å². The smallest absolute Gasteiger partial charge is 0.407 e. The highest BCUT2D eigenvalue weighted by Crippen LogP contribution is 2.51. The highest BCUT2D eigenvalue weighted by atomic mass is 32.1. The van der Waals surface area contributed by atoms with E-state index < -0.39 is 5.60 Å². The second-order valence-corrected chi connectivity index (χ2v) is 13.0. The number of thiophene rings is 1. The Balaban J connectivity index is 1.14. The molecule has 1 unspecified atom stereocenters. The second-order valence-electron chi connectivity index (χ2n) is 12.1. The summed E-state index contributed by atoms with van der Waals surface area (Å²) in [5.74, 6) is 2.56. The van der Waals surface area contributed by atoms with Gasteiger partial charge in [-0.1, -0.05) is 0 Å². The minimum atomic E-state index is -0.485. The van der Waals surface area contributed by atoms with E-state index in [1.807, 2.05) is 20.8 Å². The molecule has 2 aromatic rings. The number of piperidine rings is 1. The van der Waals surface area contributed by atoms with Crippen molar-refractivity contribution in [1.29, 1.82) is 0 Å². The molecule has 190 valence electrons. The lowest BCUT2D eigenvalue weighted by Crippen LogP contribution is -2.51. The largest absolute Gasteiger partial charge is 0.444 e. The third kappa shape index (κ3) is 4.69. The van der Waals surface area contributed by atoms with Crippen molar-refractivity contribution in [3.63, 3.8) is 0 Å². The zero-order valence-electron chi connectivity index (χ0n) is 21.0. The lowest BCUT2D eigenvalue weighted by molar-refractivity contribution is -0.133. The quantitative estimate of drug-likeness (QED) is 0.582. The van der Waals surface area contributed by atoms with Gasteiger partial charge in [0.05, 0.1) is 16.8 Å². The van der Waals surface area contributed by atoms with Gasteiger partial charge in [0.25, 0.3) is 0 Å². The van der Waals surface area contributed by atoms with E-state index >= 15 is 0 Å². The molecular formula is C26H37N5O3S. The van der Waals surface area contributed by atoms with Crippen molar-refractivity contribution in [2.24, 2.45) is 11.3 Å². The van der Waals surface area contributed by atoms with Crippen molar-refractivity contribution in [3.8, 4) is 0 Å². The molecule has 3 atom stereocenters. The molecule has 4 bridgehead atoms. The van der Waals surface area contributed by atoms with Gasteiger partial charge in [-0.15, -0.1) is 11.3 Å². The number of fused-ring (bicyclic) bond motifs is 5. The average Bonchev–Trinajstić information content (AvgIpc) is 3.34. The van der Waals surface area contributed by atoms with Crippen molar-refractivity contribution in [1.82, 2.24) is 15.3 Å². The monoisotopic (exact) mass is 499 g/mol. The Hall–Kier alpha value is -2.13. The summed E-state index contributed by atoms with van der Waals surface area (Å²) < 4.78 is 12.4. The van der Waals surface area contributed by atoms with Gasteiger partial charge >= 0.3 is 6.09 Å². The first-order valence-corrected chi connectivity index (χ1v) is 14.0. The second kappa shape index (κ2) is 8.76. The summed E-state index contributed by atoms with van der Waals surface area (Å²) in [6.07, 6.45) is 7.44. The predicted octanol–water partition coefficient (Wildman–Crippen LogP) is 4.94. The van der Waals surface area contributed by atoms with Gasteiger partial charge < -0.3 is 25.0 Å². The van der Waals surface area contributed by atoms with Gasteiger partial charge in [0.2, 0.25) is 5.95 Å². The SMILES string of the molecule is CC(C)(C)OC(=O)NC1C[C@H]2CC[C@@H](C1)N2c1nc(NCCC23COCC(C2)C3)c2sccc2n1. The standard InChI is InChI=1S/C26H37N5O3S/c1-25(2,3)34-24(32)28-17-10-18-4-5-19(11-17)31(18)23-29-20-6-9-35-21(20)22(30-23)27-8-7-26-12-16(13-26)14-33-15-26/h6,9,16-19H,4-5,7-8,10-15H2,1-3H3,(H,28,32)(H,27,29,30)/t16?,17?,18-,19+,26?. The lowest BCUT2D eigenvalue weighted by Gasteiger charge is -2.52. The first-order chi connectivity index (χ1) is 16.8. The summed E-state index contributed by atoms with van der Waals surface area (Å²) in [4.78, 5) is 24.8. The summed E-state index contributed by atoms with van der Waals surface area (Å²) in [6, 6.07) is 2.90. The summed E-state index contributed by atoms with van der Waals surface area (Å²) in [6.45, 7) is 8.46. The number of hydrogen-bond donors (Lipinski definition) is 2. The lowest BCUT2D eigenvalue weighted by atomic mass is 9.59. The van der Waals surface area contributed by atoms with Crippen LogP contribution in [-0.4, -0.2) is 59.5 Å². The van der Waals surface area contributed by atoms with E-state index in [0.717, 1.165) is 79.8 Å². The van der Waals surface area contributed by atoms with Gasteiger partial charge in [-0.3, -0.25) is 0 Å². The Kier molecular flexibility index (Phi) is 5.83. The molecule has 4 aliphatic heterocycles. The fraction of sp³-hybridized carbons (Fsp3) is 0.731. The number of nitrogens with zero attached hydrogens (tertiary/aromatic N) is 3. The predicted molar refractivity (Wildman–Crippen MR) is 138 cm³/mol. The van der Waals surface area contributed by atoms with Gasteiger partial charge in [0, 0.05) is 31.3 Å². The fourth-order valence-electron chi connectivity index (χ4n) is 6.75. The maximum absolute atomic E-state index is 12.3. The zero-order valence-corrected chi connectivity index (χ0v) is 21.8. The van der Waals surface area contributed by atoms with Crippen LogP contribution >= 0.6 is 11.3 Å². The van der Waals surface area contributed by atoms with Crippen LogP contribution in [0.5, 0.6) is 0 Å². The first kappa shape index (κ1) is 23.3. The highest BCUT2D eigenvalue weighted by molar-refractivity contribution is 7.17. The molecular weight excluding hydrogens is 462 g/mol. The number of rotatable bonds is 6. The van der Waals surface area contributed by atoms with Gasteiger partial charge in [0.15, 0.2) is 0 Å². The van der Waals surface area contributed by atoms with Gasteiger partial charge in [-0.05, 0) is 88.5 Å². The van der Waals surface area contributed by atoms with Crippen LogP contribution in [0.1, 0.15) is 65.7 Å². The summed E-state index contributed by atoms with van der Waals surface area (Å²) in [5, 5.41) is 8.86. The summed E-state index contributed by atoms with van der Waals surface area (Å²) in [7, 11) is 0. The number of anilines is 2. The van der Waals surface area contributed by atoms with E-state index in [-0.39, 0.29) is 12.1 Å². The molecule has 1 aliphatic carbocycles. The number of hydrogen-bond acceptors (Lipinski definition) is 8. The van der Waals surface area contributed by atoms with Gasteiger partial charge in [0.1, 0.15) is 11.4 Å². The normalized spacial score (nSPS) is 31.8. The van der Waals surface area contributed by atoms with Crippen LogP contribution in [0.4, 0.5) is 16.6 Å². The van der Waals surface area contributed by atoms with E-state index in [9.17, 15) is 4.79 Å². The van der Waals surface area contributed by atoms with Crippen molar-refractivity contribution in [2.45, 2.75) is 89.4 Å². The number of aromatic nitrogens is 2. The average molecular weight is 500 g/mol. The summed E-state index contributed by atoms with van der Waals surface area (Å²) in [5.41, 5.74) is 0.905. The maximum Gasteiger partial charge on any atom is 0.407 e. The van der Waals surface area contributed by atoms with E-state index in [0.29, 0.717) is 17.5 Å². The maximum atomic E-state index is 12.3. The molecule has 1 saturated carbocycles. The van der Waals surface area contributed by atoms with E-state index in [2.05, 4.69) is 27.0 Å². The molecule has 8 nitrogen and oxygen atoms in total. The molecule has 0 radical (unpaired) electrons. The van der Waals surface area contributed by atoms with Crippen LogP contribution in [0.25, 0.3) is 10.2 Å². The van der Waals surface area contributed by atoms with Crippen molar-refractivity contribution < 1.29 is 14.3 Å². The number of amides is 1. The molecule has 7 rings (SSSR count). The van der Waals surface area contributed by atoms with Gasteiger partial charge in [-0.2, -0.15) is 4.98 Å². The highest BCUT2D eigenvalue weighted by Gasteiger charge is 2.47. The Bertz CT molecular complexity index is 1070. The molecule has 1 amide bonds. The van der Waals surface area contributed by atoms with Crippen LogP contribution in [0, 0.1) is 11.3 Å². The van der Waals surface area contributed by atoms with Crippen LogP contribution < -0.4 is 15.5 Å². The molecule has 6 heterocycles. The Morgan fingerprint density at radius 3 is 2.71 bits per heavy atom. The number of nitrogens with one attached hydrogen (secondary N) is 2. The zero-order chi connectivity index (χ0) is 24.2. The fourth-order valence-corrected chi connectivity index (χ4v) is 7.54. The molecule has 2 N–H and O–H groups in total. The molecule has 2 aromatic heterocycles. The third-order valence-electron chi connectivity index (χ3n) is 8.13. The Labute approximate surface area is 211 Å². The molecule has 0 spiro atoms. The van der Waals surface area contributed by atoms with Gasteiger partial charge in [-0.25, -0.2) is 9.78 Å². The molecule has 4 saturated heterocycles. The van der Waals surface area contributed by atoms with E-state index in [4.69, 9.17) is 19.4 Å². The number of carbonyl (C=O) groups excluding carboxylic acids is 1. The van der Waals surface area contributed by atoms with Crippen LogP contribution in [0.15, 0.2) is 11.4 Å². The third-order valence-corrected chi connectivity index (χ3v) is 9.04. The Morgan fingerprint density at radius 2 is 2.03 bits per heavy atom. The molecule has 5 aliphatic rings. The van der Waals surface area contributed by atoms with Crippen LogP contribution in [0.3, 0.4) is 0 Å². The molecule has 0 aromatic carbocycles. The van der Waals surface area contributed by atoms with E-state index in [1.165, 1.54) is 12.8 Å². The van der Waals surface area contributed by atoms with Crippen LogP contribution in [-0.2, 0) is 9.47 Å².